The third-order valence-corrected chi connectivity index (χ3v) is 4.50. The zero-order chi connectivity index (χ0) is 18.4. The number of carbonyl (C=O) groups excluding carboxylic acids is 1. The average Bonchev–Trinajstić information content (AvgIpc) is 3.06. The number of Topliss-reactive ketones (excluding diaryl/α,β-unsaturated/α-hetero) is 1. The number of aromatic nitrogens is 2. The van der Waals surface area contributed by atoms with E-state index in [0.29, 0.717) is 23.1 Å². The number of phenols is 1. The van der Waals surface area contributed by atoms with Gasteiger partial charge in [0.2, 0.25) is 0 Å². The number of para-hydroxylation sites is 3. The van der Waals surface area contributed by atoms with Crippen molar-refractivity contribution in [3.05, 3.63) is 48.0 Å². The summed E-state index contributed by atoms with van der Waals surface area (Å²) in [5.41, 5.74) is 2.35. The Morgan fingerprint density at radius 2 is 2.15 bits per heavy atom. The Morgan fingerprint density at radius 3 is 2.96 bits per heavy atom. The SMILES string of the molecule is CCOc1cccc(C=NCC(=O)CSc2nc3ccccc3[nH]2)c1O. The maximum atomic E-state index is 12.0. The molecule has 0 amide bonds. The smallest absolute Gasteiger partial charge is 0.166 e. The summed E-state index contributed by atoms with van der Waals surface area (Å²) in [6, 6.07) is 12.9. The predicted octanol–water partition coefficient (Wildman–Crippen LogP) is 3.45. The molecule has 0 aliphatic rings. The van der Waals surface area contributed by atoms with Crippen molar-refractivity contribution < 1.29 is 14.6 Å². The number of ketones is 1. The number of hydrogen-bond donors (Lipinski definition) is 2. The standard InChI is InChI=1S/C19H19N3O3S/c1-2-25-17-9-5-6-13(18(17)24)10-20-11-14(23)12-26-19-21-15-7-3-4-8-16(15)22-19/h3-10,24H,2,11-12H2,1H3,(H,21,22). The van der Waals surface area contributed by atoms with Crippen LogP contribution in [0, 0.1) is 0 Å². The van der Waals surface area contributed by atoms with Gasteiger partial charge in [-0.05, 0) is 31.2 Å². The maximum absolute atomic E-state index is 12.0. The van der Waals surface area contributed by atoms with Gasteiger partial charge in [-0.2, -0.15) is 0 Å². The molecule has 0 spiro atoms. The normalized spacial score (nSPS) is 11.3. The Kier molecular flexibility index (Phi) is 5.91. The van der Waals surface area contributed by atoms with Crippen LogP contribution >= 0.6 is 11.8 Å². The van der Waals surface area contributed by atoms with Gasteiger partial charge in [0.05, 0.1) is 29.9 Å². The topological polar surface area (TPSA) is 87.6 Å². The number of fused-ring (bicyclic) bond motifs is 1. The molecule has 3 aromatic rings. The molecule has 6 nitrogen and oxygen atoms in total. The Morgan fingerprint density at radius 1 is 1.31 bits per heavy atom. The summed E-state index contributed by atoms with van der Waals surface area (Å²) in [6.45, 7) is 2.36. The first-order valence-electron chi connectivity index (χ1n) is 8.21. The summed E-state index contributed by atoms with van der Waals surface area (Å²) >= 11 is 1.35. The van der Waals surface area contributed by atoms with Crippen molar-refractivity contribution in [2.45, 2.75) is 12.1 Å². The lowest BCUT2D eigenvalue weighted by atomic mass is 10.2. The van der Waals surface area contributed by atoms with Gasteiger partial charge >= 0.3 is 0 Å². The van der Waals surface area contributed by atoms with Crippen molar-refractivity contribution in [3.8, 4) is 11.5 Å². The molecular weight excluding hydrogens is 350 g/mol. The summed E-state index contributed by atoms with van der Waals surface area (Å²) in [7, 11) is 0. The number of ether oxygens (including phenoxy) is 1. The largest absolute Gasteiger partial charge is 0.504 e. The van der Waals surface area contributed by atoms with Crippen LogP contribution in [-0.4, -0.2) is 46.0 Å². The lowest BCUT2D eigenvalue weighted by Gasteiger charge is -2.07. The van der Waals surface area contributed by atoms with Crippen LogP contribution in [-0.2, 0) is 4.79 Å². The molecule has 1 heterocycles. The molecule has 3 rings (SSSR count). The molecule has 0 unspecified atom stereocenters. The van der Waals surface area contributed by atoms with Gasteiger partial charge in [0.1, 0.15) is 0 Å². The molecule has 26 heavy (non-hydrogen) atoms. The van der Waals surface area contributed by atoms with Crippen LogP contribution < -0.4 is 4.74 Å². The number of H-pyrrole nitrogens is 1. The van der Waals surface area contributed by atoms with Crippen LogP contribution in [0.25, 0.3) is 11.0 Å². The highest BCUT2D eigenvalue weighted by Gasteiger charge is 2.08. The minimum absolute atomic E-state index is 0.0211. The zero-order valence-electron chi connectivity index (χ0n) is 14.3. The quantitative estimate of drug-likeness (QED) is 0.469. The van der Waals surface area contributed by atoms with E-state index in [2.05, 4.69) is 15.0 Å². The first-order chi connectivity index (χ1) is 12.7. The average molecular weight is 369 g/mol. The molecule has 2 aromatic carbocycles. The highest BCUT2D eigenvalue weighted by atomic mass is 32.2. The van der Waals surface area contributed by atoms with E-state index in [0.717, 1.165) is 11.0 Å². The number of phenolic OH excluding ortho intramolecular Hbond substituents is 1. The van der Waals surface area contributed by atoms with Gasteiger partial charge in [-0.25, -0.2) is 4.98 Å². The first-order valence-corrected chi connectivity index (χ1v) is 9.19. The van der Waals surface area contributed by atoms with Crippen molar-refractivity contribution >= 4 is 34.8 Å². The van der Waals surface area contributed by atoms with E-state index in [4.69, 9.17) is 4.74 Å². The second kappa shape index (κ2) is 8.53. The minimum atomic E-state index is -0.0211. The fraction of sp³-hybridized carbons (Fsp3) is 0.211. The second-order valence-corrected chi connectivity index (χ2v) is 6.45. The Hall–Kier alpha value is -2.80. The molecule has 0 atom stereocenters. The third kappa shape index (κ3) is 4.43. The summed E-state index contributed by atoms with van der Waals surface area (Å²) < 4.78 is 5.32. The van der Waals surface area contributed by atoms with Gasteiger partial charge in [-0.3, -0.25) is 9.79 Å². The number of aromatic amines is 1. The van der Waals surface area contributed by atoms with Gasteiger partial charge in [-0.1, -0.05) is 30.0 Å². The lowest BCUT2D eigenvalue weighted by molar-refractivity contribution is -0.115. The number of hydrogen-bond acceptors (Lipinski definition) is 6. The number of imidazole rings is 1. The highest BCUT2D eigenvalue weighted by molar-refractivity contribution is 7.99. The van der Waals surface area contributed by atoms with Crippen LogP contribution in [0.3, 0.4) is 0 Å². The molecule has 0 bridgehead atoms. The van der Waals surface area contributed by atoms with E-state index in [9.17, 15) is 9.90 Å². The first kappa shape index (κ1) is 18.0. The molecular formula is C19H19N3O3S. The number of benzene rings is 2. The predicted molar refractivity (Wildman–Crippen MR) is 104 cm³/mol. The molecule has 0 saturated heterocycles. The lowest BCUT2D eigenvalue weighted by Crippen LogP contribution is -2.06. The Bertz CT molecular complexity index is 904. The Labute approximate surface area is 155 Å². The monoisotopic (exact) mass is 369 g/mol. The third-order valence-electron chi connectivity index (χ3n) is 3.57. The van der Waals surface area contributed by atoms with Crippen molar-refractivity contribution in [3.63, 3.8) is 0 Å². The van der Waals surface area contributed by atoms with Gasteiger partial charge in [0.15, 0.2) is 22.4 Å². The fourth-order valence-corrected chi connectivity index (χ4v) is 3.09. The number of carbonyl (C=O) groups is 1. The van der Waals surface area contributed by atoms with Crippen LogP contribution in [0.1, 0.15) is 12.5 Å². The van der Waals surface area contributed by atoms with Gasteiger partial charge in [0, 0.05) is 11.8 Å². The molecule has 0 aliphatic heterocycles. The van der Waals surface area contributed by atoms with E-state index in [-0.39, 0.29) is 23.8 Å². The summed E-state index contributed by atoms with van der Waals surface area (Å²) in [6.07, 6.45) is 1.49. The summed E-state index contributed by atoms with van der Waals surface area (Å²) in [5, 5.41) is 10.8. The highest BCUT2D eigenvalue weighted by Crippen LogP contribution is 2.28. The van der Waals surface area contributed by atoms with E-state index in [1.165, 1.54) is 18.0 Å². The van der Waals surface area contributed by atoms with E-state index in [1.54, 1.807) is 18.2 Å². The molecule has 2 N–H and O–H groups in total. The Balaban J connectivity index is 1.54. The van der Waals surface area contributed by atoms with Crippen LogP contribution in [0.4, 0.5) is 0 Å². The summed E-state index contributed by atoms with van der Waals surface area (Å²) in [4.78, 5) is 23.7. The van der Waals surface area contributed by atoms with Crippen molar-refractivity contribution in [1.29, 1.82) is 0 Å². The molecule has 0 aliphatic carbocycles. The molecule has 1 aromatic heterocycles. The van der Waals surface area contributed by atoms with Crippen LogP contribution in [0.5, 0.6) is 11.5 Å². The van der Waals surface area contributed by atoms with Gasteiger partial charge in [0.25, 0.3) is 0 Å². The van der Waals surface area contributed by atoms with E-state index in [1.807, 2.05) is 31.2 Å². The van der Waals surface area contributed by atoms with E-state index < -0.39 is 0 Å². The van der Waals surface area contributed by atoms with Gasteiger partial charge < -0.3 is 14.8 Å². The number of nitrogens with zero attached hydrogens (tertiary/aromatic N) is 2. The van der Waals surface area contributed by atoms with Crippen LogP contribution in [0.15, 0.2) is 52.6 Å². The number of aliphatic imine (C=N–C) groups is 1. The van der Waals surface area contributed by atoms with Crippen LogP contribution in [0.2, 0.25) is 0 Å². The van der Waals surface area contributed by atoms with Crippen molar-refractivity contribution in [1.82, 2.24) is 9.97 Å². The molecule has 0 radical (unpaired) electrons. The minimum Gasteiger partial charge on any atom is -0.504 e. The van der Waals surface area contributed by atoms with Crippen molar-refractivity contribution in [2.24, 2.45) is 4.99 Å². The number of rotatable bonds is 8. The zero-order valence-corrected chi connectivity index (χ0v) is 15.1. The molecule has 0 saturated carbocycles. The molecule has 7 heteroatoms. The van der Waals surface area contributed by atoms with E-state index >= 15 is 0 Å². The number of nitrogens with one attached hydrogen (secondary N) is 1. The summed E-state index contributed by atoms with van der Waals surface area (Å²) in [5.74, 6) is 0.694. The number of aromatic hydroxyl groups is 1. The molecule has 134 valence electrons. The van der Waals surface area contributed by atoms with Gasteiger partial charge in [-0.15, -0.1) is 0 Å². The number of thioether (sulfide) groups is 1. The maximum Gasteiger partial charge on any atom is 0.166 e. The van der Waals surface area contributed by atoms with Crippen molar-refractivity contribution in [2.75, 3.05) is 18.9 Å². The molecule has 0 fully saturated rings. The fourth-order valence-electron chi connectivity index (χ4n) is 2.35. The second-order valence-electron chi connectivity index (χ2n) is 5.48.